The summed E-state index contributed by atoms with van der Waals surface area (Å²) in [5.41, 5.74) is 0.393. The molecule has 0 radical (unpaired) electrons. The summed E-state index contributed by atoms with van der Waals surface area (Å²) in [6, 6.07) is 6.44. The van der Waals surface area contributed by atoms with Gasteiger partial charge < -0.3 is 10.4 Å². The number of nitrogens with one attached hydrogen (secondary N) is 1. The summed E-state index contributed by atoms with van der Waals surface area (Å²) >= 11 is 0. The van der Waals surface area contributed by atoms with Crippen molar-refractivity contribution >= 4 is 0 Å². The Morgan fingerprint density at radius 1 is 1.29 bits per heavy atom. The summed E-state index contributed by atoms with van der Waals surface area (Å²) < 4.78 is 13.5. The van der Waals surface area contributed by atoms with Crippen LogP contribution >= 0.6 is 0 Å². The van der Waals surface area contributed by atoms with Crippen molar-refractivity contribution in [3.8, 4) is 0 Å². The minimum absolute atomic E-state index is 0.326. The molecule has 0 spiro atoms. The normalized spacial score (nSPS) is 19.9. The van der Waals surface area contributed by atoms with Crippen molar-refractivity contribution in [3.63, 3.8) is 0 Å². The van der Waals surface area contributed by atoms with E-state index in [2.05, 4.69) is 10.2 Å². The minimum atomic E-state index is -0.741. The van der Waals surface area contributed by atoms with Crippen molar-refractivity contribution in [3.05, 3.63) is 35.6 Å². The molecule has 17 heavy (non-hydrogen) atoms. The Kier molecular flexibility index (Phi) is 4.48. The monoisotopic (exact) mass is 238 g/mol. The molecule has 1 aliphatic heterocycles. The molecule has 0 aliphatic carbocycles. The lowest BCUT2D eigenvalue weighted by Crippen LogP contribution is -2.32. The summed E-state index contributed by atoms with van der Waals surface area (Å²) in [7, 11) is 0. The molecule has 1 aromatic rings. The second-order valence-electron chi connectivity index (χ2n) is 4.44. The van der Waals surface area contributed by atoms with Crippen molar-refractivity contribution in [2.75, 3.05) is 32.7 Å². The van der Waals surface area contributed by atoms with Crippen LogP contribution in [-0.2, 0) is 0 Å². The summed E-state index contributed by atoms with van der Waals surface area (Å²) in [6.07, 6.45) is 0.332. The Morgan fingerprint density at radius 2 is 2.12 bits per heavy atom. The lowest BCUT2D eigenvalue weighted by Gasteiger charge is -2.23. The zero-order chi connectivity index (χ0) is 12.1. The standard InChI is InChI=1S/C13H19FN2O/c14-12-5-2-1-4-11(12)13(17)10-16-8-3-6-15-7-9-16/h1-2,4-5,13,15,17H,3,6-10H2. The van der Waals surface area contributed by atoms with Crippen LogP contribution in [0.3, 0.4) is 0 Å². The first-order valence-corrected chi connectivity index (χ1v) is 6.13. The van der Waals surface area contributed by atoms with Gasteiger partial charge in [0.1, 0.15) is 5.82 Å². The first kappa shape index (κ1) is 12.5. The molecule has 3 nitrogen and oxygen atoms in total. The molecule has 1 heterocycles. The summed E-state index contributed by atoms with van der Waals surface area (Å²) in [4.78, 5) is 2.18. The third kappa shape index (κ3) is 3.49. The van der Waals surface area contributed by atoms with E-state index in [0.717, 1.165) is 32.6 Å². The molecule has 1 fully saturated rings. The van der Waals surface area contributed by atoms with Gasteiger partial charge in [0.05, 0.1) is 6.10 Å². The van der Waals surface area contributed by atoms with Gasteiger partial charge in [-0.3, -0.25) is 4.90 Å². The van der Waals surface area contributed by atoms with E-state index in [1.165, 1.54) is 6.07 Å². The smallest absolute Gasteiger partial charge is 0.129 e. The molecule has 94 valence electrons. The number of hydrogen-bond donors (Lipinski definition) is 2. The van der Waals surface area contributed by atoms with Gasteiger partial charge in [-0.15, -0.1) is 0 Å². The maximum Gasteiger partial charge on any atom is 0.129 e. The van der Waals surface area contributed by atoms with Gasteiger partial charge in [-0.25, -0.2) is 4.39 Å². The van der Waals surface area contributed by atoms with Crippen molar-refractivity contribution in [2.24, 2.45) is 0 Å². The van der Waals surface area contributed by atoms with Gasteiger partial charge in [-0.2, -0.15) is 0 Å². The number of aliphatic hydroxyl groups excluding tert-OH is 1. The number of hydrogen-bond acceptors (Lipinski definition) is 3. The average Bonchev–Trinajstić information content (AvgIpc) is 2.58. The summed E-state index contributed by atoms with van der Waals surface area (Å²) in [6.45, 7) is 4.32. The fourth-order valence-electron chi connectivity index (χ4n) is 2.17. The molecule has 1 unspecified atom stereocenters. The summed E-state index contributed by atoms with van der Waals surface area (Å²) in [5, 5.41) is 13.3. The Morgan fingerprint density at radius 3 is 2.94 bits per heavy atom. The van der Waals surface area contributed by atoms with Crippen LogP contribution in [0.15, 0.2) is 24.3 Å². The Labute approximate surface area is 101 Å². The molecule has 0 bridgehead atoms. The molecule has 1 aliphatic rings. The van der Waals surface area contributed by atoms with Crippen LogP contribution in [0.4, 0.5) is 4.39 Å². The fourth-order valence-corrected chi connectivity index (χ4v) is 2.17. The number of aliphatic hydroxyl groups is 1. The SMILES string of the molecule is OC(CN1CCCNCC1)c1ccccc1F. The van der Waals surface area contributed by atoms with Crippen LogP contribution < -0.4 is 5.32 Å². The molecule has 0 aromatic heterocycles. The quantitative estimate of drug-likeness (QED) is 0.829. The number of benzene rings is 1. The van der Waals surface area contributed by atoms with E-state index in [9.17, 15) is 9.50 Å². The molecule has 0 amide bonds. The number of β-amino-alcohol motifs (C(OH)–C–C–N with tert-alkyl or cyclic N) is 1. The van der Waals surface area contributed by atoms with Crippen LogP contribution in [0.25, 0.3) is 0 Å². The Hall–Kier alpha value is -0.970. The van der Waals surface area contributed by atoms with E-state index in [-0.39, 0.29) is 5.82 Å². The highest BCUT2D eigenvalue weighted by atomic mass is 19.1. The number of halogens is 1. The van der Waals surface area contributed by atoms with E-state index < -0.39 is 6.10 Å². The second-order valence-corrected chi connectivity index (χ2v) is 4.44. The fraction of sp³-hybridized carbons (Fsp3) is 0.538. The van der Waals surface area contributed by atoms with Crippen LogP contribution in [-0.4, -0.2) is 42.7 Å². The van der Waals surface area contributed by atoms with Gasteiger partial charge in [-0.1, -0.05) is 18.2 Å². The third-order valence-corrected chi connectivity index (χ3v) is 3.13. The van der Waals surface area contributed by atoms with E-state index in [1.54, 1.807) is 18.2 Å². The topological polar surface area (TPSA) is 35.5 Å². The lowest BCUT2D eigenvalue weighted by atomic mass is 10.1. The van der Waals surface area contributed by atoms with Crippen molar-refractivity contribution < 1.29 is 9.50 Å². The Bertz CT molecular complexity index is 351. The highest BCUT2D eigenvalue weighted by Crippen LogP contribution is 2.17. The largest absolute Gasteiger partial charge is 0.387 e. The third-order valence-electron chi connectivity index (χ3n) is 3.13. The average molecular weight is 238 g/mol. The van der Waals surface area contributed by atoms with E-state index >= 15 is 0 Å². The zero-order valence-electron chi connectivity index (χ0n) is 9.90. The predicted octanol–water partition coefficient (Wildman–Crippen LogP) is 1.15. The zero-order valence-corrected chi connectivity index (χ0v) is 9.90. The van der Waals surface area contributed by atoms with Crippen LogP contribution in [0, 0.1) is 5.82 Å². The molecule has 2 N–H and O–H groups in total. The molecular formula is C13H19FN2O. The first-order valence-electron chi connectivity index (χ1n) is 6.13. The second kappa shape index (κ2) is 6.10. The van der Waals surface area contributed by atoms with Crippen LogP contribution in [0.5, 0.6) is 0 Å². The van der Waals surface area contributed by atoms with Gasteiger partial charge in [0.2, 0.25) is 0 Å². The van der Waals surface area contributed by atoms with E-state index in [0.29, 0.717) is 12.1 Å². The van der Waals surface area contributed by atoms with Crippen LogP contribution in [0.2, 0.25) is 0 Å². The maximum absolute atomic E-state index is 13.5. The maximum atomic E-state index is 13.5. The van der Waals surface area contributed by atoms with Crippen molar-refractivity contribution in [1.29, 1.82) is 0 Å². The molecule has 1 aromatic carbocycles. The predicted molar refractivity (Wildman–Crippen MR) is 65.3 cm³/mol. The highest BCUT2D eigenvalue weighted by Gasteiger charge is 2.17. The lowest BCUT2D eigenvalue weighted by molar-refractivity contribution is 0.113. The molecule has 0 saturated carbocycles. The van der Waals surface area contributed by atoms with E-state index in [1.807, 2.05) is 0 Å². The van der Waals surface area contributed by atoms with Gasteiger partial charge >= 0.3 is 0 Å². The van der Waals surface area contributed by atoms with Crippen LogP contribution in [0.1, 0.15) is 18.1 Å². The summed E-state index contributed by atoms with van der Waals surface area (Å²) in [5.74, 6) is -0.326. The van der Waals surface area contributed by atoms with Gasteiger partial charge in [-0.05, 0) is 25.6 Å². The Balaban J connectivity index is 1.96. The molecule has 1 saturated heterocycles. The molecule has 2 rings (SSSR count). The highest BCUT2D eigenvalue weighted by molar-refractivity contribution is 5.20. The van der Waals surface area contributed by atoms with Crippen molar-refractivity contribution in [2.45, 2.75) is 12.5 Å². The van der Waals surface area contributed by atoms with Gasteiger partial charge in [0.15, 0.2) is 0 Å². The minimum Gasteiger partial charge on any atom is -0.387 e. The molecular weight excluding hydrogens is 219 g/mol. The number of rotatable bonds is 3. The van der Waals surface area contributed by atoms with Crippen molar-refractivity contribution in [1.82, 2.24) is 10.2 Å². The van der Waals surface area contributed by atoms with Gasteiger partial charge in [0, 0.05) is 25.2 Å². The molecule has 1 atom stereocenters. The van der Waals surface area contributed by atoms with E-state index in [4.69, 9.17) is 0 Å². The number of nitrogens with zero attached hydrogens (tertiary/aromatic N) is 1. The first-order chi connectivity index (χ1) is 8.27. The molecule has 4 heteroatoms. The van der Waals surface area contributed by atoms with Gasteiger partial charge in [0.25, 0.3) is 0 Å².